The van der Waals surface area contributed by atoms with Gasteiger partial charge in [-0.3, -0.25) is 4.79 Å². The van der Waals surface area contributed by atoms with E-state index in [1.165, 1.54) is 57.8 Å². The number of ether oxygens (including phenoxy) is 1. The minimum Gasteiger partial charge on any atom is -0.384 e. The van der Waals surface area contributed by atoms with Gasteiger partial charge in [0, 0.05) is 13.0 Å². The highest BCUT2D eigenvalue weighted by molar-refractivity contribution is 9.09. The van der Waals surface area contributed by atoms with Crippen LogP contribution in [0, 0.1) is 40.4 Å². The van der Waals surface area contributed by atoms with E-state index >= 15 is 0 Å². The molecule has 7 atom stereocenters. The van der Waals surface area contributed by atoms with Gasteiger partial charge in [0.15, 0.2) is 0 Å². The summed E-state index contributed by atoms with van der Waals surface area (Å²) in [5.41, 5.74) is 0.719. The lowest BCUT2D eigenvalue weighted by Crippen LogP contribution is -2.56. The van der Waals surface area contributed by atoms with Crippen LogP contribution in [-0.4, -0.2) is 24.8 Å². The second-order valence-electron chi connectivity index (χ2n) is 9.84. The van der Waals surface area contributed by atoms with Crippen LogP contribution >= 0.6 is 15.9 Å². The lowest BCUT2D eigenvalue weighted by Gasteiger charge is -2.61. The molecule has 2 nitrogen and oxygen atoms in total. The van der Waals surface area contributed by atoms with Gasteiger partial charge < -0.3 is 4.74 Å². The zero-order valence-electron chi connectivity index (χ0n) is 18.1. The molecule has 0 saturated heterocycles. The van der Waals surface area contributed by atoms with Crippen LogP contribution < -0.4 is 0 Å². The summed E-state index contributed by atoms with van der Waals surface area (Å²) in [5, 5.41) is 0.545. The van der Waals surface area contributed by atoms with E-state index in [4.69, 9.17) is 4.74 Å². The Morgan fingerprint density at radius 3 is 2.48 bits per heavy atom. The first kappa shape index (κ1) is 21.8. The van der Waals surface area contributed by atoms with Crippen molar-refractivity contribution in [1.82, 2.24) is 0 Å². The van der Waals surface area contributed by atoms with Crippen molar-refractivity contribution < 1.29 is 9.53 Å². The van der Waals surface area contributed by atoms with Crippen molar-refractivity contribution in [2.24, 2.45) is 40.4 Å². The van der Waals surface area contributed by atoms with E-state index in [9.17, 15) is 4.79 Å². The number of Topliss-reactive ketones (excluding diaryl/α,β-unsaturated/α-hetero) is 1. The van der Waals surface area contributed by atoms with Gasteiger partial charge in [0.25, 0.3) is 0 Å². The number of ketones is 1. The maximum Gasteiger partial charge on any atom is 0.147 e. The number of methoxy groups -OCH3 is 1. The van der Waals surface area contributed by atoms with E-state index in [0.29, 0.717) is 22.4 Å². The van der Waals surface area contributed by atoms with Crippen molar-refractivity contribution >= 4 is 21.7 Å². The van der Waals surface area contributed by atoms with Crippen LogP contribution in [0.2, 0.25) is 0 Å². The summed E-state index contributed by atoms with van der Waals surface area (Å²) < 4.78 is 5.84. The molecule has 0 aromatic carbocycles. The summed E-state index contributed by atoms with van der Waals surface area (Å²) in [7, 11) is 1.91. The summed E-state index contributed by atoms with van der Waals surface area (Å²) in [6.07, 6.45) is 13.5. The number of halogens is 1. The second kappa shape index (κ2) is 8.86. The van der Waals surface area contributed by atoms with Crippen LogP contribution in [0.5, 0.6) is 0 Å². The molecule has 0 aromatic heterocycles. The molecule has 4 saturated carbocycles. The minimum absolute atomic E-state index is 0.266. The largest absolute Gasteiger partial charge is 0.384 e. The lowest BCUT2D eigenvalue weighted by molar-refractivity contribution is -0.149. The molecular weight excluding hydrogens is 400 g/mol. The van der Waals surface area contributed by atoms with E-state index in [1.807, 2.05) is 21.0 Å². The summed E-state index contributed by atoms with van der Waals surface area (Å²) in [4.78, 5) is 12.6. The van der Waals surface area contributed by atoms with Gasteiger partial charge in [-0.25, -0.2) is 0 Å². The molecule has 0 radical (unpaired) electrons. The Morgan fingerprint density at radius 1 is 1.00 bits per heavy atom. The fraction of sp³-hybridized carbons (Fsp3) is 0.958. The smallest absolute Gasteiger partial charge is 0.147 e. The van der Waals surface area contributed by atoms with Crippen molar-refractivity contribution in [1.29, 1.82) is 0 Å². The fourth-order valence-electron chi connectivity index (χ4n) is 8.24. The molecule has 0 aliphatic heterocycles. The van der Waals surface area contributed by atoms with E-state index in [1.54, 1.807) is 0 Å². The Labute approximate surface area is 175 Å². The van der Waals surface area contributed by atoms with Crippen LogP contribution in [-0.2, 0) is 9.53 Å². The van der Waals surface area contributed by atoms with Crippen molar-refractivity contribution in [2.45, 2.75) is 85.0 Å². The Bertz CT molecular complexity index is 517. The third-order valence-corrected chi connectivity index (χ3v) is 9.77. The van der Waals surface area contributed by atoms with Crippen molar-refractivity contribution in [2.75, 3.05) is 19.0 Å². The molecule has 0 amide bonds. The summed E-state index contributed by atoms with van der Waals surface area (Å²) in [6.45, 7) is 7.44. The molecular formula is C24H41BrO2. The third-order valence-electron chi connectivity index (χ3n) is 9.22. The van der Waals surface area contributed by atoms with Crippen LogP contribution in [0.4, 0.5) is 0 Å². The first-order valence-electron chi connectivity index (χ1n) is 11.6. The Hall–Kier alpha value is 0.110. The van der Waals surface area contributed by atoms with Gasteiger partial charge in [-0.15, -0.1) is 0 Å². The Kier molecular flexibility index (Phi) is 7.16. The second-order valence-corrected chi connectivity index (χ2v) is 10.4. The Morgan fingerprint density at radius 2 is 1.78 bits per heavy atom. The molecule has 27 heavy (non-hydrogen) atoms. The maximum absolute atomic E-state index is 12.6. The first-order valence-corrected chi connectivity index (χ1v) is 12.8. The number of fused-ring (bicyclic) bond motifs is 5. The van der Waals surface area contributed by atoms with Gasteiger partial charge in [0.2, 0.25) is 0 Å². The molecule has 4 rings (SSSR count). The highest BCUT2D eigenvalue weighted by Gasteiger charge is 2.61. The molecule has 4 aliphatic carbocycles. The van der Waals surface area contributed by atoms with E-state index < -0.39 is 0 Å². The molecule has 3 heteroatoms. The molecule has 7 unspecified atom stereocenters. The molecule has 0 heterocycles. The molecule has 0 aromatic rings. The van der Waals surface area contributed by atoms with Crippen LogP contribution in [0.25, 0.3) is 0 Å². The van der Waals surface area contributed by atoms with Gasteiger partial charge in [-0.2, -0.15) is 0 Å². The number of alkyl halides is 1. The number of hydrogen-bond acceptors (Lipinski definition) is 2. The Balaban J connectivity index is 0.00000102. The van der Waals surface area contributed by atoms with Crippen molar-refractivity contribution in [3.05, 3.63) is 0 Å². The minimum atomic E-state index is 0.266. The average molecular weight is 441 g/mol. The number of carbonyl (C=O) groups excluding carboxylic acids is 1. The van der Waals surface area contributed by atoms with Crippen LogP contribution in [0.3, 0.4) is 0 Å². The van der Waals surface area contributed by atoms with Crippen molar-refractivity contribution in [3.63, 3.8) is 0 Å². The van der Waals surface area contributed by atoms with E-state index in [-0.39, 0.29) is 5.41 Å². The normalized spacial score (nSPS) is 45.7. The maximum atomic E-state index is 12.6. The van der Waals surface area contributed by atoms with Crippen LogP contribution in [0.15, 0.2) is 0 Å². The van der Waals surface area contributed by atoms with Gasteiger partial charge in [0.1, 0.15) is 5.78 Å². The molecule has 0 spiro atoms. The zero-order valence-corrected chi connectivity index (χ0v) is 19.7. The summed E-state index contributed by atoms with van der Waals surface area (Å²) >= 11 is 3.44. The van der Waals surface area contributed by atoms with Crippen molar-refractivity contribution in [3.8, 4) is 0 Å². The monoisotopic (exact) mass is 440 g/mol. The zero-order chi connectivity index (χ0) is 19.7. The molecule has 0 bridgehead atoms. The fourth-order valence-corrected chi connectivity index (χ4v) is 8.63. The predicted octanol–water partition coefficient (Wildman–Crippen LogP) is 6.65. The third kappa shape index (κ3) is 3.47. The molecule has 4 aliphatic rings. The van der Waals surface area contributed by atoms with Gasteiger partial charge in [0.05, 0.1) is 11.9 Å². The highest BCUT2D eigenvalue weighted by atomic mass is 79.9. The molecule has 156 valence electrons. The first-order chi connectivity index (χ1) is 13.1. The SMILES string of the molecule is CC.COCC12CCCCC1CCC1C3CCC(C(=O)CBr)C3(C)CCC12. The van der Waals surface area contributed by atoms with Gasteiger partial charge in [-0.1, -0.05) is 49.5 Å². The average Bonchev–Trinajstić information content (AvgIpc) is 3.06. The van der Waals surface area contributed by atoms with Crippen LogP contribution in [0.1, 0.15) is 85.0 Å². The number of hydrogen-bond donors (Lipinski definition) is 0. The summed E-state index contributed by atoms with van der Waals surface area (Å²) in [6, 6.07) is 0. The quantitative estimate of drug-likeness (QED) is 0.457. The van der Waals surface area contributed by atoms with E-state index in [2.05, 4.69) is 22.9 Å². The number of carbonyl (C=O) groups is 1. The predicted molar refractivity (Wildman–Crippen MR) is 116 cm³/mol. The topological polar surface area (TPSA) is 26.3 Å². The summed E-state index contributed by atoms with van der Waals surface area (Å²) in [5.74, 6) is 4.13. The standard InChI is InChI=1S/C22H35BrO2.C2H6/c1-21-12-10-18-16(17(21)8-9-19(21)20(24)13-23)7-6-15-5-3-4-11-22(15,18)14-25-2;1-2/h15-19H,3-14H2,1-2H3;1-2H3. The highest BCUT2D eigenvalue weighted by Crippen LogP contribution is 2.67. The molecule has 0 N–H and O–H groups in total. The van der Waals surface area contributed by atoms with E-state index in [0.717, 1.165) is 36.7 Å². The van der Waals surface area contributed by atoms with Gasteiger partial charge >= 0.3 is 0 Å². The lowest BCUT2D eigenvalue weighted by atomic mass is 9.44. The molecule has 4 fully saturated rings. The number of rotatable bonds is 4. The van der Waals surface area contributed by atoms with Gasteiger partial charge in [-0.05, 0) is 85.9 Å².